The smallest absolute Gasteiger partial charge is 0.417 e. The molecule has 2 N–H and O–H groups in total. The van der Waals surface area contributed by atoms with Gasteiger partial charge in [0.1, 0.15) is 6.10 Å². The lowest BCUT2D eigenvalue weighted by Gasteiger charge is -2.30. The minimum absolute atomic E-state index is 0.422. The zero-order chi connectivity index (χ0) is 22.5. The predicted octanol–water partition coefficient (Wildman–Crippen LogP) is 4.12. The molecule has 0 aliphatic rings. The summed E-state index contributed by atoms with van der Waals surface area (Å²) in [5.41, 5.74) is -3.60. The van der Waals surface area contributed by atoms with Crippen molar-refractivity contribution >= 4 is 16.1 Å². The Kier molecular flexibility index (Phi) is 10.0. The van der Waals surface area contributed by atoms with Crippen molar-refractivity contribution in [2.24, 2.45) is 5.41 Å². The number of halogens is 3. The van der Waals surface area contributed by atoms with Crippen molar-refractivity contribution in [2.75, 3.05) is 0 Å². The molecule has 164 valence electrons. The number of alkyl halides is 3. The van der Waals surface area contributed by atoms with Gasteiger partial charge in [-0.3, -0.25) is 9.35 Å². The third-order valence-electron chi connectivity index (χ3n) is 4.59. The van der Waals surface area contributed by atoms with Crippen molar-refractivity contribution < 1.29 is 40.8 Å². The highest BCUT2D eigenvalue weighted by atomic mass is 32.2. The summed E-state index contributed by atoms with van der Waals surface area (Å²) < 4.78 is 70.7. The van der Waals surface area contributed by atoms with Crippen molar-refractivity contribution in [3.05, 3.63) is 0 Å². The maximum atomic E-state index is 12.4. The molecule has 0 aliphatic carbocycles. The molecule has 0 amide bonds. The van der Waals surface area contributed by atoms with Crippen LogP contribution in [-0.4, -0.2) is 46.7 Å². The van der Waals surface area contributed by atoms with E-state index in [1.807, 2.05) is 0 Å². The standard InChI is InChI=1S/C12H21F3O3.C5H12O3S/c1-6-10(3,4)9(16)18-8(2)7-11(5,17)12(13,14)15;1-4-5(2,3)9(6,7)8/h8,17H,6-7H2,1-5H3;4H2,1-3H3,(H,6,7,8). The molecule has 0 aromatic heterocycles. The van der Waals surface area contributed by atoms with Gasteiger partial charge in [-0.1, -0.05) is 13.8 Å². The number of hydrogen-bond donors (Lipinski definition) is 2. The Morgan fingerprint density at radius 1 is 1.04 bits per heavy atom. The lowest BCUT2D eigenvalue weighted by atomic mass is 9.90. The Labute approximate surface area is 160 Å². The Hall–Kier alpha value is -0.870. The molecular formula is C17H33F3O6S. The lowest BCUT2D eigenvalue weighted by molar-refractivity contribution is -0.261. The summed E-state index contributed by atoms with van der Waals surface area (Å²) in [6, 6.07) is 0. The molecule has 0 bridgehead atoms. The minimum atomic E-state index is -4.74. The van der Waals surface area contributed by atoms with Crippen molar-refractivity contribution in [2.45, 2.75) is 97.3 Å². The van der Waals surface area contributed by atoms with Gasteiger partial charge < -0.3 is 9.84 Å². The van der Waals surface area contributed by atoms with Crippen LogP contribution in [0.5, 0.6) is 0 Å². The van der Waals surface area contributed by atoms with E-state index in [0.29, 0.717) is 19.8 Å². The second-order valence-electron chi connectivity index (χ2n) is 8.02. The molecular weight excluding hydrogens is 389 g/mol. The molecule has 0 aliphatic heterocycles. The van der Waals surface area contributed by atoms with Crippen molar-refractivity contribution in [3.8, 4) is 0 Å². The largest absolute Gasteiger partial charge is 0.462 e. The molecule has 6 nitrogen and oxygen atoms in total. The monoisotopic (exact) mass is 422 g/mol. The molecule has 0 rings (SSSR count). The first-order chi connectivity index (χ1) is 11.6. The molecule has 0 fully saturated rings. The van der Waals surface area contributed by atoms with Crippen LogP contribution in [-0.2, 0) is 19.6 Å². The summed E-state index contributed by atoms with van der Waals surface area (Å²) >= 11 is 0. The van der Waals surface area contributed by atoms with Gasteiger partial charge in [0.05, 0.1) is 10.2 Å². The molecule has 0 radical (unpaired) electrons. The summed E-state index contributed by atoms with van der Waals surface area (Å²) in [4.78, 5) is 11.7. The van der Waals surface area contributed by atoms with E-state index in [1.54, 1.807) is 27.7 Å². The molecule has 10 heteroatoms. The predicted molar refractivity (Wildman–Crippen MR) is 96.8 cm³/mol. The van der Waals surface area contributed by atoms with Gasteiger partial charge in [0, 0.05) is 6.42 Å². The van der Waals surface area contributed by atoms with E-state index in [-0.39, 0.29) is 0 Å². The molecule has 2 unspecified atom stereocenters. The normalized spacial score (nSPS) is 16.6. The summed E-state index contributed by atoms with van der Waals surface area (Å²) in [6.45, 7) is 11.8. The van der Waals surface area contributed by atoms with Crippen molar-refractivity contribution in [3.63, 3.8) is 0 Å². The number of esters is 1. The van der Waals surface area contributed by atoms with Gasteiger partial charge in [0.15, 0.2) is 5.60 Å². The van der Waals surface area contributed by atoms with Gasteiger partial charge in [0.25, 0.3) is 10.1 Å². The molecule has 27 heavy (non-hydrogen) atoms. The fraction of sp³-hybridized carbons (Fsp3) is 0.941. The van der Waals surface area contributed by atoms with Crippen LogP contribution in [0, 0.1) is 5.41 Å². The summed E-state index contributed by atoms with van der Waals surface area (Å²) in [5.74, 6) is -0.560. The molecule has 0 heterocycles. The molecule has 0 saturated heterocycles. The number of rotatable bonds is 7. The van der Waals surface area contributed by atoms with Crippen LogP contribution >= 0.6 is 0 Å². The lowest BCUT2D eigenvalue weighted by Crippen LogP contribution is -2.45. The van der Waals surface area contributed by atoms with Crippen molar-refractivity contribution in [1.82, 2.24) is 0 Å². The van der Waals surface area contributed by atoms with Gasteiger partial charge in [-0.15, -0.1) is 0 Å². The number of hydrogen-bond acceptors (Lipinski definition) is 5. The van der Waals surface area contributed by atoms with E-state index < -0.39 is 50.6 Å². The summed E-state index contributed by atoms with van der Waals surface area (Å²) in [6.07, 6.45) is -5.48. The highest BCUT2D eigenvalue weighted by Crippen LogP contribution is 2.34. The Balaban J connectivity index is 0. The molecule has 0 aromatic carbocycles. The third kappa shape index (κ3) is 9.25. The zero-order valence-electron chi connectivity index (χ0n) is 17.3. The first-order valence-electron chi connectivity index (χ1n) is 8.62. The highest BCUT2D eigenvalue weighted by molar-refractivity contribution is 7.87. The zero-order valence-corrected chi connectivity index (χ0v) is 18.1. The maximum Gasteiger partial charge on any atom is 0.417 e. The SMILES string of the molecule is CCC(C)(C)C(=O)OC(C)CC(C)(O)C(F)(F)F.CCC(C)(C)S(=O)(=O)O. The Morgan fingerprint density at radius 2 is 1.44 bits per heavy atom. The summed E-state index contributed by atoms with van der Waals surface area (Å²) in [5, 5.41) is 9.28. The van der Waals surface area contributed by atoms with E-state index in [2.05, 4.69) is 0 Å². The Bertz CT molecular complexity index is 580. The van der Waals surface area contributed by atoms with Crippen LogP contribution in [0.25, 0.3) is 0 Å². The van der Waals surface area contributed by atoms with Gasteiger partial charge in [0.2, 0.25) is 0 Å². The number of ether oxygens (including phenoxy) is 1. The van der Waals surface area contributed by atoms with E-state index in [0.717, 1.165) is 0 Å². The molecule has 2 atom stereocenters. The average Bonchev–Trinajstić information content (AvgIpc) is 2.44. The van der Waals surface area contributed by atoms with Gasteiger partial charge in [-0.2, -0.15) is 21.6 Å². The second-order valence-corrected chi connectivity index (χ2v) is 10.1. The quantitative estimate of drug-likeness (QED) is 0.473. The van der Waals surface area contributed by atoms with Crippen molar-refractivity contribution in [1.29, 1.82) is 0 Å². The van der Waals surface area contributed by atoms with E-state index in [4.69, 9.17) is 9.29 Å². The molecule has 0 aromatic rings. The van der Waals surface area contributed by atoms with Crippen LogP contribution in [0.15, 0.2) is 0 Å². The molecule has 0 spiro atoms. The van der Waals surface area contributed by atoms with Crippen LogP contribution in [0.4, 0.5) is 13.2 Å². The van der Waals surface area contributed by atoms with Crippen LogP contribution in [0.1, 0.15) is 74.7 Å². The second kappa shape index (κ2) is 9.56. The maximum absolute atomic E-state index is 12.4. The Morgan fingerprint density at radius 3 is 1.67 bits per heavy atom. The first-order valence-corrected chi connectivity index (χ1v) is 10.1. The van der Waals surface area contributed by atoms with E-state index in [1.165, 1.54) is 20.8 Å². The van der Waals surface area contributed by atoms with Crippen LogP contribution in [0.3, 0.4) is 0 Å². The third-order valence-corrected chi connectivity index (χ3v) is 6.28. The number of carbonyl (C=O) groups excluding carboxylic acids is 1. The highest BCUT2D eigenvalue weighted by Gasteiger charge is 2.51. The van der Waals surface area contributed by atoms with E-state index in [9.17, 15) is 31.5 Å². The fourth-order valence-electron chi connectivity index (χ4n) is 1.39. The van der Waals surface area contributed by atoms with Gasteiger partial charge in [-0.25, -0.2) is 0 Å². The van der Waals surface area contributed by atoms with Crippen LogP contribution in [0.2, 0.25) is 0 Å². The topological polar surface area (TPSA) is 101 Å². The first kappa shape index (κ1) is 28.3. The van der Waals surface area contributed by atoms with Crippen LogP contribution < -0.4 is 0 Å². The van der Waals surface area contributed by atoms with Gasteiger partial charge in [-0.05, 0) is 54.4 Å². The average molecular weight is 423 g/mol. The number of aliphatic hydroxyl groups is 1. The minimum Gasteiger partial charge on any atom is -0.462 e. The molecule has 0 saturated carbocycles. The fourth-order valence-corrected chi connectivity index (χ4v) is 1.75. The number of carbonyl (C=O) groups is 1. The van der Waals surface area contributed by atoms with Gasteiger partial charge >= 0.3 is 12.1 Å². The van der Waals surface area contributed by atoms with E-state index >= 15 is 0 Å². The summed E-state index contributed by atoms with van der Waals surface area (Å²) in [7, 11) is -3.85.